The normalized spacial score (nSPS) is 9.88. The molecule has 0 unspecified atom stereocenters. The summed E-state index contributed by atoms with van der Waals surface area (Å²) < 4.78 is 0. The highest BCUT2D eigenvalue weighted by atomic mass is 16.4. The van der Waals surface area contributed by atoms with Crippen LogP contribution in [0.5, 0.6) is 0 Å². The zero-order valence-corrected chi connectivity index (χ0v) is 8.83. The molecule has 0 aliphatic heterocycles. The Bertz CT molecular complexity index is 492. The van der Waals surface area contributed by atoms with Gasteiger partial charge in [-0.25, -0.2) is 4.98 Å². The van der Waals surface area contributed by atoms with Crippen LogP contribution >= 0.6 is 0 Å². The first-order valence-corrected chi connectivity index (χ1v) is 4.49. The van der Waals surface area contributed by atoms with E-state index in [0.717, 1.165) is 0 Å². The molecule has 1 rings (SSSR count). The van der Waals surface area contributed by atoms with Crippen molar-refractivity contribution in [2.24, 2.45) is 0 Å². The molecule has 3 N–H and O–H groups in total. The first-order valence-electron chi connectivity index (χ1n) is 4.49. The van der Waals surface area contributed by atoms with Gasteiger partial charge in [-0.15, -0.1) is 0 Å². The number of H-pyrrole nitrogens is 1. The van der Waals surface area contributed by atoms with Crippen molar-refractivity contribution in [1.82, 2.24) is 9.97 Å². The van der Waals surface area contributed by atoms with Crippen LogP contribution in [0.3, 0.4) is 0 Å². The number of aromatic nitrogens is 2. The van der Waals surface area contributed by atoms with Crippen molar-refractivity contribution in [3.05, 3.63) is 21.7 Å². The molecule has 0 aromatic carbocycles. The molecule has 7 heteroatoms. The Labute approximate surface area is 90.5 Å². The number of hydrogen-bond donors (Lipinski definition) is 3. The minimum Gasteiger partial charge on any atom is -0.481 e. The molecule has 0 saturated heterocycles. The predicted octanol–water partition coefficient (Wildman–Crippen LogP) is -0.336. The van der Waals surface area contributed by atoms with Gasteiger partial charge in [0.1, 0.15) is 11.6 Å². The minimum absolute atomic E-state index is 0.00356. The maximum atomic E-state index is 11.5. The number of carbonyl (C=O) groups is 2. The summed E-state index contributed by atoms with van der Waals surface area (Å²) in [5, 5.41) is 11.0. The van der Waals surface area contributed by atoms with Crippen molar-refractivity contribution in [3.8, 4) is 0 Å². The Balaban J connectivity index is 3.26. The Morgan fingerprint density at radius 1 is 1.50 bits per heavy atom. The largest absolute Gasteiger partial charge is 0.481 e. The Morgan fingerprint density at radius 3 is 2.62 bits per heavy atom. The number of anilines is 1. The van der Waals surface area contributed by atoms with Gasteiger partial charge in [0.15, 0.2) is 0 Å². The number of rotatable bonds is 3. The second kappa shape index (κ2) is 4.56. The second-order valence-electron chi connectivity index (χ2n) is 3.23. The Hall–Kier alpha value is -2.18. The number of nitrogens with zero attached hydrogens (tertiary/aromatic N) is 1. The molecule has 0 fully saturated rings. The molecule has 1 amide bonds. The van der Waals surface area contributed by atoms with Gasteiger partial charge in [0.25, 0.3) is 5.56 Å². The highest BCUT2D eigenvalue weighted by molar-refractivity contribution is 5.89. The highest BCUT2D eigenvalue weighted by Crippen LogP contribution is 2.08. The highest BCUT2D eigenvalue weighted by Gasteiger charge is 2.14. The standard InChI is InChI=1S/C9H11N3O4/c1-4-10-8(12-5(2)13)6(3-7(14)15)9(16)11-4/h3H2,1-2H3,(H,14,15)(H2,10,11,12,13,16). The van der Waals surface area contributed by atoms with E-state index in [0.29, 0.717) is 5.82 Å². The lowest BCUT2D eigenvalue weighted by atomic mass is 10.2. The van der Waals surface area contributed by atoms with E-state index in [4.69, 9.17) is 5.11 Å². The van der Waals surface area contributed by atoms with Gasteiger partial charge in [0.2, 0.25) is 5.91 Å². The summed E-state index contributed by atoms with van der Waals surface area (Å²) in [4.78, 5) is 39.1. The molecule has 0 aliphatic carbocycles. The summed E-state index contributed by atoms with van der Waals surface area (Å²) in [6.45, 7) is 2.79. The molecule has 1 aromatic heterocycles. The number of carbonyl (C=O) groups excluding carboxylic acids is 1. The molecule has 0 saturated carbocycles. The van der Waals surface area contributed by atoms with Crippen molar-refractivity contribution in [1.29, 1.82) is 0 Å². The third-order valence-electron chi connectivity index (χ3n) is 1.76. The molecular weight excluding hydrogens is 214 g/mol. The fourth-order valence-corrected chi connectivity index (χ4v) is 1.20. The number of aliphatic carboxylic acids is 1. The zero-order valence-electron chi connectivity index (χ0n) is 8.83. The van der Waals surface area contributed by atoms with Crippen LogP contribution in [0.4, 0.5) is 5.82 Å². The van der Waals surface area contributed by atoms with Crippen LogP contribution in [-0.2, 0) is 16.0 Å². The molecule has 0 bridgehead atoms. The summed E-state index contributed by atoms with van der Waals surface area (Å²) >= 11 is 0. The van der Waals surface area contributed by atoms with Crippen LogP contribution in [0.2, 0.25) is 0 Å². The van der Waals surface area contributed by atoms with Gasteiger partial charge in [-0.3, -0.25) is 14.4 Å². The Morgan fingerprint density at radius 2 is 2.12 bits per heavy atom. The van der Waals surface area contributed by atoms with Crippen LogP contribution < -0.4 is 10.9 Å². The van der Waals surface area contributed by atoms with Gasteiger partial charge in [0, 0.05) is 6.92 Å². The van der Waals surface area contributed by atoms with E-state index in [9.17, 15) is 14.4 Å². The SMILES string of the molecule is CC(=O)Nc1nc(C)[nH]c(=O)c1CC(=O)O. The number of amides is 1. The molecule has 1 heterocycles. The molecule has 0 atom stereocenters. The summed E-state index contributed by atoms with van der Waals surface area (Å²) in [5.41, 5.74) is -0.619. The Kier molecular flexibility index (Phi) is 3.39. The fourth-order valence-electron chi connectivity index (χ4n) is 1.20. The number of hydrogen-bond acceptors (Lipinski definition) is 4. The number of carboxylic acid groups (broad SMARTS) is 1. The van der Waals surface area contributed by atoms with Crippen molar-refractivity contribution in [3.63, 3.8) is 0 Å². The number of aromatic amines is 1. The maximum Gasteiger partial charge on any atom is 0.308 e. The lowest BCUT2D eigenvalue weighted by molar-refractivity contribution is -0.136. The van der Waals surface area contributed by atoms with Crippen LogP contribution in [0.15, 0.2) is 4.79 Å². The topological polar surface area (TPSA) is 112 Å². The second-order valence-corrected chi connectivity index (χ2v) is 3.23. The van der Waals surface area contributed by atoms with E-state index < -0.39 is 23.9 Å². The van der Waals surface area contributed by atoms with E-state index in [1.807, 2.05) is 0 Å². The first kappa shape index (κ1) is 11.9. The van der Waals surface area contributed by atoms with E-state index in [1.54, 1.807) is 0 Å². The first-order chi connectivity index (χ1) is 7.40. The monoisotopic (exact) mass is 225 g/mol. The average molecular weight is 225 g/mol. The average Bonchev–Trinajstić information content (AvgIpc) is 2.09. The molecule has 7 nitrogen and oxygen atoms in total. The van der Waals surface area contributed by atoms with Crippen LogP contribution in [-0.4, -0.2) is 27.0 Å². The van der Waals surface area contributed by atoms with E-state index >= 15 is 0 Å². The maximum absolute atomic E-state index is 11.5. The van der Waals surface area contributed by atoms with Crippen LogP contribution in [0.25, 0.3) is 0 Å². The zero-order chi connectivity index (χ0) is 12.3. The molecule has 0 spiro atoms. The van der Waals surface area contributed by atoms with E-state index in [-0.39, 0.29) is 11.4 Å². The molecule has 86 valence electrons. The third kappa shape index (κ3) is 2.91. The van der Waals surface area contributed by atoms with Gasteiger partial charge in [0.05, 0.1) is 12.0 Å². The molecule has 0 aliphatic rings. The summed E-state index contributed by atoms with van der Waals surface area (Å²) in [6, 6.07) is 0. The lowest BCUT2D eigenvalue weighted by Crippen LogP contribution is -2.23. The third-order valence-corrected chi connectivity index (χ3v) is 1.76. The summed E-state index contributed by atoms with van der Waals surface area (Å²) in [5.74, 6) is -1.27. The quantitative estimate of drug-likeness (QED) is 0.651. The number of aryl methyl sites for hydroxylation is 1. The van der Waals surface area contributed by atoms with E-state index in [1.165, 1.54) is 13.8 Å². The van der Waals surface area contributed by atoms with Gasteiger partial charge in [-0.05, 0) is 6.92 Å². The van der Waals surface area contributed by atoms with Crippen molar-refractivity contribution in [2.75, 3.05) is 5.32 Å². The van der Waals surface area contributed by atoms with Crippen molar-refractivity contribution in [2.45, 2.75) is 20.3 Å². The predicted molar refractivity (Wildman–Crippen MR) is 55.2 cm³/mol. The summed E-state index contributed by atoms with van der Waals surface area (Å²) in [6.07, 6.45) is -0.488. The smallest absolute Gasteiger partial charge is 0.308 e. The van der Waals surface area contributed by atoms with Gasteiger partial charge in [-0.1, -0.05) is 0 Å². The molecule has 1 aromatic rings. The molecule has 16 heavy (non-hydrogen) atoms. The van der Waals surface area contributed by atoms with Crippen molar-refractivity contribution < 1.29 is 14.7 Å². The fraction of sp³-hybridized carbons (Fsp3) is 0.333. The minimum atomic E-state index is -1.16. The van der Waals surface area contributed by atoms with Crippen LogP contribution in [0.1, 0.15) is 18.3 Å². The van der Waals surface area contributed by atoms with Gasteiger partial charge >= 0.3 is 5.97 Å². The van der Waals surface area contributed by atoms with E-state index in [2.05, 4.69) is 15.3 Å². The molecule has 0 radical (unpaired) electrons. The number of carboxylic acids is 1. The van der Waals surface area contributed by atoms with Crippen LogP contribution in [0, 0.1) is 6.92 Å². The lowest BCUT2D eigenvalue weighted by Gasteiger charge is -2.06. The van der Waals surface area contributed by atoms with Gasteiger partial charge in [-0.2, -0.15) is 0 Å². The molecular formula is C9H11N3O4. The van der Waals surface area contributed by atoms with Gasteiger partial charge < -0.3 is 15.4 Å². The summed E-state index contributed by atoms with van der Waals surface area (Å²) in [7, 11) is 0. The number of nitrogens with one attached hydrogen (secondary N) is 2. The van der Waals surface area contributed by atoms with Crippen molar-refractivity contribution >= 4 is 17.7 Å².